The average molecular weight is 376 g/mol. The molecular formula is C24H29N3O. The predicted molar refractivity (Wildman–Crippen MR) is 115 cm³/mol. The highest BCUT2D eigenvalue weighted by Gasteiger charge is 2.13. The molecule has 1 amide bonds. The van der Waals surface area contributed by atoms with Crippen molar-refractivity contribution >= 4 is 16.8 Å². The summed E-state index contributed by atoms with van der Waals surface area (Å²) in [6.45, 7) is 5.43. The van der Waals surface area contributed by atoms with Crippen molar-refractivity contribution in [2.24, 2.45) is 0 Å². The minimum Gasteiger partial charge on any atom is -0.361 e. The summed E-state index contributed by atoms with van der Waals surface area (Å²) >= 11 is 0. The van der Waals surface area contributed by atoms with E-state index in [9.17, 15) is 4.79 Å². The molecule has 2 aromatic carbocycles. The summed E-state index contributed by atoms with van der Waals surface area (Å²) in [7, 11) is 0. The van der Waals surface area contributed by atoms with Crippen molar-refractivity contribution in [2.75, 3.05) is 26.2 Å². The number of nitrogens with zero attached hydrogens (tertiary/aromatic N) is 1. The maximum Gasteiger partial charge on any atom is 0.234 e. The summed E-state index contributed by atoms with van der Waals surface area (Å²) in [4.78, 5) is 17.8. The molecule has 3 aromatic rings. The number of hydrogen-bond acceptors (Lipinski definition) is 2. The number of hydrogen-bond donors (Lipinski definition) is 2. The van der Waals surface area contributed by atoms with Gasteiger partial charge in [0.05, 0.1) is 6.54 Å². The predicted octanol–water partition coefficient (Wildman–Crippen LogP) is 4.29. The molecule has 146 valence electrons. The first kappa shape index (κ1) is 18.8. The molecule has 4 rings (SSSR count). The van der Waals surface area contributed by atoms with Crippen LogP contribution in [-0.4, -0.2) is 42.0 Å². The second-order valence-corrected chi connectivity index (χ2v) is 7.88. The van der Waals surface area contributed by atoms with Crippen LogP contribution in [0, 0.1) is 6.92 Å². The Morgan fingerprint density at radius 3 is 2.57 bits per heavy atom. The molecule has 4 heteroatoms. The zero-order chi connectivity index (χ0) is 19.3. The number of carbonyl (C=O) groups excluding carboxylic acids is 1. The van der Waals surface area contributed by atoms with Crippen molar-refractivity contribution in [1.29, 1.82) is 0 Å². The fourth-order valence-electron chi connectivity index (χ4n) is 4.03. The topological polar surface area (TPSA) is 48.1 Å². The number of nitrogens with one attached hydrogen (secondary N) is 2. The van der Waals surface area contributed by atoms with Crippen LogP contribution < -0.4 is 5.32 Å². The lowest BCUT2D eigenvalue weighted by Gasteiger charge is -2.25. The highest BCUT2D eigenvalue weighted by Crippen LogP contribution is 2.26. The Morgan fingerprint density at radius 2 is 1.79 bits per heavy atom. The molecular weight excluding hydrogens is 346 g/mol. The Labute approximate surface area is 166 Å². The van der Waals surface area contributed by atoms with Crippen molar-refractivity contribution in [3.63, 3.8) is 0 Å². The van der Waals surface area contributed by atoms with Gasteiger partial charge in [0.25, 0.3) is 0 Å². The lowest BCUT2D eigenvalue weighted by atomic mass is 10.0. The number of aromatic nitrogens is 1. The van der Waals surface area contributed by atoms with Gasteiger partial charge < -0.3 is 10.3 Å². The average Bonchev–Trinajstić information content (AvgIpc) is 3.11. The van der Waals surface area contributed by atoms with Gasteiger partial charge in [0, 0.05) is 23.6 Å². The van der Waals surface area contributed by atoms with E-state index in [0.717, 1.165) is 25.0 Å². The molecule has 1 aromatic heterocycles. The van der Waals surface area contributed by atoms with E-state index in [1.807, 2.05) is 0 Å². The number of carbonyl (C=O) groups is 1. The maximum absolute atomic E-state index is 12.2. The van der Waals surface area contributed by atoms with E-state index < -0.39 is 0 Å². The molecule has 0 atom stereocenters. The fourth-order valence-corrected chi connectivity index (χ4v) is 4.03. The summed E-state index contributed by atoms with van der Waals surface area (Å²) in [6, 6.07) is 15.2. The maximum atomic E-state index is 12.2. The van der Waals surface area contributed by atoms with Crippen molar-refractivity contribution in [1.82, 2.24) is 15.2 Å². The van der Waals surface area contributed by atoms with Crippen LogP contribution >= 0.6 is 0 Å². The Hall–Kier alpha value is -2.59. The quantitative estimate of drug-likeness (QED) is 0.675. The first-order valence-electron chi connectivity index (χ1n) is 10.4. The van der Waals surface area contributed by atoms with Crippen molar-refractivity contribution in [3.05, 3.63) is 59.8 Å². The van der Waals surface area contributed by atoms with Crippen LogP contribution in [0.1, 0.15) is 30.4 Å². The highest BCUT2D eigenvalue weighted by atomic mass is 16.2. The fraction of sp³-hybridized carbons (Fsp3) is 0.375. The first-order chi connectivity index (χ1) is 13.7. The van der Waals surface area contributed by atoms with Gasteiger partial charge in [-0.25, -0.2) is 0 Å². The van der Waals surface area contributed by atoms with E-state index in [-0.39, 0.29) is 5.91 Å². The first-order valence-corrected chi connectivity index (χ1v) is 10.4. The third-order valence-electron chi connectivity index (χ3n) is 5.68. The van der Waals surface area contributed by atoms with Crippen LogP contribution in [-0.2, 0) is 11.2 Å². The van der Waals surface area contributed by atoms with E-state index in [1.165, 1.54) is 46.9 Å². The molecule has 28 heavy (non-hydrogen) atoms. The van der Waals surface area contributed by atoms with Gasteiger partial charge in [0.1, 0.15) is 0 Å². The molecule has 1 saturated heterocycles. The third kappa shape index (κ3) is 4.45. The molecule has 1 aliphatic rings. The van der Waals surface area contributed by atoms with E-state index in [0.29, 0.717) is 13.1 Å². The van der Waals surface area contributed by atoms with Crippen LogP contribution in [0.3, 0.4) is 0 Å². The third-order valence-corrected chi connectivity index (χ3v) is 5.68. The molecule has 1 fully saturated rings. The minimum atomic E-state index is 0.142. The Morgan fingerprint density at radius 1 is 1.04 bits per heavy atom. The number of H-pyrrole nitrogens is 1. The van der Waals surface area contributed by atoms with Gasteiger partial charge in [0.15, 0.2) is 0 Å². The smallest absolute Gasteiger partial charge is 0.234 e. The zero-order valence-electron chi connectivity index (χ0n) is 16.6. The molecule has 0 spiro atoms. The van der Waals surface area contributed by atoms with Crippen molar-refractivity contribution < 1.29 is 4.79 Å². The van der Waals surface area contributed by atoms with Crippen LogP contribution in [0.25, 0.3) is 22.0 Å². The van der Waals surface area contributed by atoms with Crippen LogP contribution in [0.5, 0.6) is 0 Å². The number of likely N-dealkylation sites (tertiary alicyclic amines) is 1. The van der Waals surface area contributed by atoms with E-state index in [4.69, 9.17) is 0 Å². The molecule has 1 aliphatic heterocycles. The van der Waals surface area contributed by atoms with Gasteiger partial charge in [0.2, 0.25) is 5.91 Å². The number of aromatic amines is 1. The van der Waals surface area contributed by atoms with Gasteiger partial charge in [-0.3, -0.25) is 9.69 Å². The molecule has 0 saturated carbocycles. The standard InChI is InChI=1S/C24H29N3O/c1-18-5-7-19(8-6-18)20-9-10-22-21(16-26-23(22)15-20)11-12-25-24(28)17-27-13-3-2-4-14-27/h5-10,15-16,26H,2-4,11-14,17H2,1H3,(H,25,28). The van der Waals surface area contributed by atoms with Gasteiger partial charge >= 0.3 is 0 Å². The van der Waals surface area contributed by atoms with Crippen LogP contribution in [0.2, 0.25) is 0 Å². The number of rotatable bonds is 6. The molecule has 2 N–H and O–H groups in total. The largest absolute Gasteiger partial charge is 0.361 e. The summed E-state index contributed by atoms with van der Waals surface area (Å²) in [5.41, 5.74) is 6.12. The Balaban J connectivity index is 1.35. The highest BCUT2D eigenvalue weighted by molar-refractivity contribution is 5.87. The van der Waals surface area contributed by atoms with Gasteiger partial charge in [-0.15, -0.1) is 0 Å². The molecule has 0 unspecified atom stereocenters. The van der Waals surface area contributed by atoms with Crippen LogP contribution in [0.15, 0.2) is 48.7 Å². The monoisotopic (exact) mass is 375 g/mol. The Kier molecular flexibility index (Phi) is 5.77. The lowest BCUT2D eigenvalue weighted by molar-refractivity contribution is -0.122. The normalized spacial score (nSPS) is 15.0. The number of fused-ring (bicyclic) bond motifs is 1. The second kappa shape index (κ2) is 8.61. The van der Waals surface area contributed by atoms with Crippen LogP contribution in [0.4, 0.5) is 0 Å². The number of piperidine rings is 1. The molecule has 0 bridgehead atoms. The van der Waals surface area contributed by atoms with Gasteiger partial charge in [-0.2, -0.15) is 0 Å². The van der Waals surface area contributed by atoms with Crippen molar-refractivity contribution in [3.8, 4) is 11.1 Å². The SMILES string of the molecule is Cc1ccc(-c2ccc3c(CCNC(=O)CN4CCCCC4)c[nH]c3c2)cc1. The number of benzene rings is 2. The summed E-state index contributed by atoms with van der Waals surface area (Å²) in [5, 5.41) is 4.32. The Bertz CT molecular complexity index is 936. The second-order valence-electron chi connectivity index (χ2n) is 7.88. The number of amides is 1. The summed E-state index contributed by atoms with van der Waals surface area (Å²) in [6.07, 6.45) is 6.64. The van der Waals surface area contributed by atoms with E-state index in [1.54, 1.807) is 0 Å². The lowest BCUT2D eigenvalue weighted by Crippen LogP contribution is -2.40. The van der Waals surface area contributed by atoms with Crippen molar-refractivity contribution in [2.45, 2.75) is 32.6 Å². The molecule has 0 radical (unpaired) electrons. The van der Waals surface area contributed by atoms with E-state index in [2.05, 4.69) is 70.8 Å². The molecule has 2 heterocycles. The zero-order valence-corrected chi connectivity index (χ0v) is 16.6. The molecule has 4 nitrogen and oxygen atoms in total. The van der Waals surface area contributed by atoms with Gasteiger partial charge in [-0.05, 0) is 62.0 Å². The number of aryl methyl sites for hydroxylation is 1. The molecule has 0 aliphatic carbocycles. The minimum absolute atomic E-state index is 0.142. The summed E-state index contributed by atoms with van der Waals surface area (Å²) in [5.74, 6) is 0.142. The van der Waals surface area contributed by atoms with Gasteiger partial charge in [-0.1, -0.05) is 48.4 Å². The summed E-state index contributed by atoms with van der Waals surface area (Å²) < 4.78 is 0. The van der Waals surface area contributed by atoms with E-state index >= 15 is 0 Å².